The van der Waals surface area contributed by atoms with Gasteiger partial charge >= 0.3 is 0 Å². The van der Waals surface area contributed by atoms with E-state index in [-0.39, 0.29) is 5.91 Å². The maximum Gasteiger partial charge on any atom is 0.258 e. The lowest BCUT2D eigenvalue weighted by Crippen LogP contribution is -2.13. The van der Waals surface area contributed by atoms with Crippen molar-refractivity contribution in [3.8, 4) is 11.3 Å². The average molecular weight is 420 g/mol. The van der Waals surface area contributed by atoms with Gasteiger partial charge in [-0.05, 0) is 41.6 Å². The van der Waals surface area contributed by atoms with Crippen LogP contribution in [0.15, 0.2) is 53.9 Å². The minimum atomic E-state index is -0.130. The summed E-state index contributed by atoms with van der Waals surface area (Å²) in [6.07, 6.45) is 0. The number of rotatable bonds is 3. The van der Waals surface area contributed by atoms with Crippen molar-refractivity contribution in [1.29, 1.82) is 0 Å². The summed E-state index contributed by atoms with van der Waals surface area (Å²) >= 11 is 3.59. The molecule has 1 aromatic heterocycles. The molecule has 0 saturated carbocycles. The summed E-state index contributed by atoms with van der Waals surface area (Å²) in [6.45, 7) is 2.05. The molecule has 5 heteroatoms. The Labute approximate surface area is 146 Å². The van der Waals surface area contributed by atoms with Crippen LogP contribution in [0, 0.1) is 10.5 Å². The molecule has 0 unspecified atom stereocenters. The number of hydrogen-bond acceptors (Lipinski definition) is 3. The molecular formula is C17H13IN2OS. The summed E-state index contributed by atoms with van der Waals surface area (Å²) < 4.78 is 0.924. The fraction of sp³-hybridized carbons (Fsp3) is 0.0588. The summed E-state index contributed by atoms with van der Waals surface area (Å²) in [5, 5.41) is 5.43. The van der Waals surface area contributed by atoms with E-state index in [0.29, 0.717) is 10.7 Å². The van der Waals surface area contributed by atoms with Crippen molar-refractivity contribution in [3.05, 3.63) is 68.6 Å². The Morgan fingerprint density at radius 3 is 2.59 bits per heavy atom. The van der Waals surface area contributed by atoms with Crippen molar-refractivity contribution in [2.24, 2.45) is 0 Å². The van der Waals surface area contributed by atoms with Gasteiger partial charge < -0.3 is 0 Å². The molecule has 0 aliphatic heterocycles. The fourth-order valence-corrected chi connectivity index (χ4v) is 3.34. The number of aromatic nitrogens is 1. The van der Waals surface area contributed by atoms with Gasteiger partial charge in [0.1, 0.15) is 0 Å². The van der Waals surface area contributed by atoms with Crippen molar-refractivity contribution in [2.75, 3.05) is 5.32 Å². The first-order chi connectivity index (χ1) is 10.6. The molecule has 0 aliphatic carbocycles. The molecule has 1 amide bonds. The molecule has 0 spiro atoms. The number of amides is 1. The minimum absolute atomic E-state index is 0.130. The van der Waals surface area contributed by atoms with Gasteiger partial charge in [-0.3, -0.25) is 10.1 Å². The molecule has 1 heterocycles. The standard InChI is InChI=1S/C17H13IN2OS/c1-11-6-8-12(9-7-11)15-10-22-17(19-15)20-16(21)13-4-2-3-5-14(13)18/h2-10H,1H3,(H,19,20,21). The van der Waals surface area contributed by atoms with E-state index in [9.17, 15) is 4.79 Å². The third-order valence-corrected chi connectivity index (χ3v) is 4.89. The predicted molar refractivity (Wildman–Crippen MR) is 99.4 cm³/mol. The van der Waals surface area contributed by atoms with Crippen molar-refractivity contribution < 1.29 is 4.79 Å². The summed E-state index contributed by atoms with van der Waals surface area (Å²) in [5.41, 5.74) is 3.81. The van der Waals surface area contributed by atoms with Gasteiger partial charge in [-0.15, -0.1) is 11.3 Å². The number of nitrogens with one attached hydrogen (secondary N) is 1. The third kappa shape index (κ3) is 3.36. The van der Waals surface area contributed by atoms with E-state index < -0.39 is 0 Å². The number of carbonyl (C=O) groups is 1. The van der Waals surface area contributed by atoms with Gasteiger partial charge in [0.2, 0.25) is 0 Å². The van der Waals surface area contributed by atoms with Gasteiger partial charge in [-0.2, -0.15) is 0 Å². The monoisotopic (exact) mass is 420 g/mol. The third-order valence-electron chi connectivity index (χ3n) is 3.19. The van der Waals surface area contributed by atoms with Crippen LogP contribution >= 0.6 is 33.9 Å². The molecule has 3 aromatic rings. The Morgan fingerprint density at radius 2 is 1.86 bits per heavy atom. The van der Waals surface area contributed by atoms with E-state index >= 15 is 0 Å². The van der Waals surface area contributed by atoms with Crippen molar-refractivity contribution in [2.45, 2.75) is 6.92 Å². The van der Waals surface area contributed by atoms with E-state index in [2.05, 4.69) is 51.9 Å². The number of thiazole rings is 1. The van der Waals surface area contributed by atoms with Gasteiger partial charge in [0, 0.05) is 14.5 Å². The first kappa shape index (κ1) is 15.2. The first-order valence-electron chi connectivity index (χ1n) is 6.72. The van der Waals surface area contributed by atoms with E-state index in [1.165, 1.54) is 16.9 Å². The van der Waals surface area contributed by atoms with Crippen LogP contribution in [0.1, 0.15) is 15.9 Å². The highest BCUT2D eigenvalue weighted by molar-refractivity contribution is 14.1. The second-order valence-corrected chi connectivity index (χ2v) is 6.86. The Morgan fingerprint density at radius 1 is 1.14 bits per heavy atom. The molecule has 3 nitrogen and oxygen atoms in total. The summed E-state index contributed by atoms with van der Waals surface area (Å²) in [6, 6.07) is 15.7. The SMILES string of the molecule is Cc1ccc(-c2csc(NC(=O)c3ccccc3I)n2)cc1. The van der Waals surface area contributed by atoms with Crippen LogP contribution in [0.5, 0.6) is 0 Å². The number of benzene rings is 2. The van der Waals surface area contributed by atoms with E-state index in [0.717, 1.165) is 14.8 Å². The van der Waals surface area contributed by atoms with Crippen LogP contribution in [0.25, 0.3) is 11.3 Å². The van der Waals surface area contributed by atoms with Gasteiger partial charge in [-0.1, -0.05) is 42.0 Å². The summed E-state index contributed by atoms with van der Waals surface area (Å²) in [7, 11) is 0. The van der Waals surface area contributed by atoms with Crippen molar-refractivity contribution in [1.82, 2.24) is 4.98 Å². The molecule has 2 aromatic carbocycles. The molecule has 0 atom stereocenters. The van der Waals surface area contributed by atoms with Gasteiger partial charge in [-0.25, -0.2) is 4.98 Å². The molecule has 1 N–H and O–H groups in total. The zero-order chi connectivity index (χ0) is 15.5. The molecule has 0 fully saturated rings. The highest BCUT2D eigenvalue weighted by Crippen LogP contribution is 2.25. The van der Waals surface area contributed by atoms with Gasteiger partial charge in [0.05, 0.1) is 11.3 Å². The van der Waals surface area contributed by atoms with E-state index in [1.807, 2.05) is 41.8 Å². The lowest BCUT2D eigenvalue weighted by Gasteiger charge is -2.03. The maximum absolute atomic E-state index is 12.3. The quantitative estimate of drug-likeness (QED) is 0.608. The number of aryl methyl sites for hydroxylation is 1. The number of carbonyl (C=O) groups excluding carboxylic acids is 1. The lowest BCUT2D eigenvalue weighted by molar-refractivity contribution is 0.102. The van der Waals surface area contributed by atoms with Crippen LogP contribution < -0.4 is 5.32 Å². The van der Waals surface area contributed by atoms with E-state index in [1.54, 1.807) is 0 Å². The Balaban J connectivity index is 1.78. The van der Waals surface area contributed by atoms with E-state index in [4.69, 9.17) is 0 Å². The summed E-state index contributed by atoms with van der Waals surface area (Å²) in [4.78, 5) is 16.8. The van der Waals surface area contributed by atoms with Crippen LogP contribution in [0.2, 0.25) is 0 Å². The lowest BCUT2D eigenvalue weighted by atomic mass is 10.1. The van der Waals surface area contributed by atoms with Gasteiger partial charge in [0.25, 0.3) is 5.91 Å². The van der Waals surface area contributed by atoms with Gasteiger partial charge in [0.15, 0.2) is 5.13 Å². The molecule has 3 rings (SSSR count). The number of nitrogens with zero attached hydrogens (tertiary/aromatic N) is 1. The summed E-state index contributed by atoms with van der Waals surface area (Å²) in [5.74, 6) is -0.130. The maximum atomic E-state index is 12.3. The molecule has 0 aliphatic rings. The van der Waals surface area contributed by atoms with Crippen molar-refractivity contribution in [3.63, 3.8) is 0 Å². The number of anilines is 1. The molecule has 0 bridgehead atoms. The minimum Gasteiger partial charge on any atom is -0.298 e. The zero-order valence-corrected chi connectivity index (χ0v) is 14.8. The van der Waals surface area contributed by atoms with Crippen LogP contribution in [0.3, 0.4) is 0 Å². The van der Waals surface area contributed by atoms with Crippen LogP contribution in [0.4, 0.5) is 5.13 Å². The highest BCUT2D eigenvalue weighted by atomic mass is 127. The number of hydrogen-bond donors (Lipinski definition) is 1. The molecule has 22 heavy (non-hydrogen) atoms. The van der Waals surface area contributed by atoms with Crippen molar-refractivity contribution >= 4 is 45.0 Å². The predicted octanol–water partition coefficient (Wildman–Crippen LogP) is 4.98. The van der Waals surface area contributed by atoms with Crippen LogP contribution in [-0.2, 0) is 0 Å². The fourth-order valence-electron chi connectivity index (χ4n) is 2.00. The molecular weight excluding hydrogens is 407 g/mol. The second kappa shape index (κ2) is 6.58. The first-order valence-corrected chi connectivity index (χ1v) is 8.68. The Hall–Kier alpha value is -1.73. The zero-order valence-electron chi connectivity index (χ0n) is 11.8. The smallest absolute Gasteiger partial charge is 0.258 e. The molecule has 0 saturated heterocycles. The normalized spacial score (nSPS) is 10.5. The Kier molecular flexibility index (Phi) is 4.54. The highest BCUT2D eigenvalue weighted by Gasteiger charge is 2.12. The molecule has 110 valence electrons. The Bertz CT molecular complexity index is 812. The molecule has 0 radical (unpaired) electrons. The number of halogens is 1. The topological polar surface area (TPSA) is 42.0 Å². The average Bonchev–Trinajstić information content (AvgIpc) is 2.97. The second-order valence-electron chi connectivity index (χ2n) is 4.84. The van der Waals surface area contributed by atoms with Crippen LogP contribution in [-0.4, -0.2) is 10.9 Å². The largest absolute Gasteiger partial charge is 0.298 e.